The average molecular weight is 581 g/mol. The fraction of sp³-hybridized carbons (Fsp3) is 0.367. The van der Waals surface area contributed by atoms with Crippen LogP contribution in [-0.4, -0.2) is 49.7 Å². The average Bonchev–Trinajstić information content (AvgIpc) is 3.34. The summed E-state index contributed by atoms with van der Waals surface area (Å²) in [7, 11) is 0. The van der Waals surface area contributed by atoms with Crippen molar-refractivity contribution in [2.75, 3.05) is 16.3 Å². The van der Waals surface area contributed by atoms with Crippen LogP contribution in [0.2, 0.25) is 5.02 Å². The molecule has 0 aliphatic carbocycles. The van der Waals surface area contributed by atoms with E-state index in [1.165, 1.54) is 16.0 Å². The highest BCUT2D eigenvalue weighted by Gasteiger charge is 2.29. The first-order valence-corrected chi connectivity index (χ1v) is 13.5. The molecule has 2 heterocycles. The second-order valence-electron chi connectivity index (χ2n) is 11.2. The minimum Gasteiger partial charge on any atom is -0.443 e. The zero-order chi connectivity index (χ0) is 30.4. The van der Waals surface area contributed by atoms with E-state index in [0.717, 1.165) is 6.42 Å². The third-order valence-corrected chi connectivity index (χ3v) is 5.58. The van der Waals surface area contributed by atoms with Gasteiger partial charge in [-0.15, -0.1) is 13.2 Å². The summed E-state index contributed by atoms with van der Waals surface area (Å²) >= 11 is 6.49. The van der Waals surface area contributed by atoms with Crippen molar-refractivity contribution in [2.45, 2.75) is 65.7 Å². The predicted molar refractivity (Wildman–Crippen MR) is 162 cm³/mol. The highest BCUT2D eigenvalue weighted by atomic mass is 35.5. The molecule has 1 aromatic carbocycles. The van der Waals surface area contributed by atoms with E-state index in [2.05, 4.69) is 28.2 Å². The van der Waals surface area contributed by atoms with E-state index in [0.29, 0.717) is 29.2 Å². The summed E-state index contributed by atoms with van der Waals surface area (Å²) in [5, 5.41) is 4.65. The fourth-order valence-electron chi connectivity index (χ4n) is 3.64. The molecule has 218 valence electrons. The molecule has 2 aromatic heterocycles. The summed E-state index contributed by atoms with van der Waals surface area (Å²) in [5.74, 6) is 0.0298. The van der Waals surface area contributed by atoms with Crippen molar-refractivity contribution in [1.82, 2.24) is 19.7 Å². The van der Waals surface area contributed by atoms with Crippen LogP contribution in [0.25, 0.3) is 11.3 Å². The highest BCUT2D eigenvalue weighted by molar-refractivity contribution is 6.32. The summed E-state index contributed by atoms with van der Waals surface area (Å²) in [6, 6.07) is 6.79. The second kappa shape index (κ2) is 13.0. The summed E-state index contributed by atoms with van der Waals surface area (Å²) in [6.45, 7) is 19.0. The Morgan fingerprint density at radius 1 is 1.00 bits per heavy atom. The van der Waals surface area contributed by atoms with Gasteiger partial charge >= 0.3 is 12.2 Å². The molecule has 0 saturated heterocycles. The van der Waals surface area contributed by atoms with Crippen LogP contribution < -0.4 is 9.80 Å². The number of carbonyl (C=O) groups excluding carboxylic acids is 2. The molecule has 0 unspecified atom stereocenters. The number of hydrogen-bond donors (Lipinski definition) is 0. The van der Waals surface area contributed by atoms with Gasteiger partial charge in [-0.3, -0.25) is 9.58 Å². The van der Waals surface area contributed by atoms with Gasteiger partial charge in [-0.1, -0.05) is 29.8 Å². The molecular weight excluding hydrogens is 544 g/mol. The Balaban J connectivity index is 2.10. The van der Waals surface area contributed by atoms with Gasteiger partial charge in [0, 0.05) is 30.5 Å². The number of anilines is 3. The minimum absolute atomic E-state index is 0.0298. The lowest BCUT2D eigenvalue weighted by Crippen LogP contribution is -2.37. The van der Waals surface area contributed by atoms with Crippen LogP contribution in [0.3, 0.4) is 0 Å². The maximum atomic E-state index is 13.6. The van der Waals surface area contributed by atoms with Crippen molar-refractivity contribution in [2.24, 2.45) is 0 Å². The summed E-state index contributed by atoms with van der Waals surface area (Å²) < 4.78 is 13.1. The van der Waals surface area contributed by atoms with Crippen LogP contribution in [0, 0.1) is 0 Å². The summed E-state index contributed by atoms with van der Waals surface area (Å²) in [4.78, 5) is 38.3. The van der Waals surface area contributed by atoms with E-state index >= 15 is 0 Å². The molecule has 0 spiro atoms. The first-order chi connectivity index (χ1) is 19.2. The lowest BCUT2D eigenvalue weighted by Gasteiger charge is -2.29. The van der Waals surface area contributed by atoms with Crippen molar-refractivity contribution in [3.05, 3.63) is 73.2 Å². The van der Waals surface area contributed by atoms with Crippen molar-refractivity contribution < 1.29 is 19.1 Å². The van der Waals surface area contributed by atoms with Crippen LogP contribution in [0.1, 0.15) is 48.0 Å². The first-order valence-electron chi connectivity index (χ1n) is 13.1. The summed E-state index contributed by atoms with van der Waals surface area (Å²) in [6.07, 6.45) is 7.76. The predicted octanol–water partition coefficient (Wildman–Crippen LogP) is 7.57. The molecule has 0 fully saturated rings. The molecule has 41 heavy (non-hydrogen) atoms. The van der Waals surface area contributed by atoms with Gasteiger partial charge in [-0.2, -0.15) is 5.10 Å². The number of rotatable bonds is 9. The lowest BCUT2D eigenvalue weighted by molar-refractivity contribution is 0.0579. The van der Waals surface area contributed by atoms with Gasteiger partial charge in [0.1, 0.15) is 11.2 Å². The van der Waals surface area contributed by atoms with E-state index in [1.54, 1.807) is 82.8 Å². The van der Waals surface area contributed by atoms with Gasteiger partial charge in [0.05, 0.1) is 28.8 Å². The molecule has 0 bridgehead atoms. The van der Waals surface area contributed by atoms with Gasteiger partial charge in [-0.25, -0.2) is 24.5 Å². The summed E-state index contributed by atoms with van der Waals surface area (Å²) in [5.41, 5.74) is 0.381. The number of nitrogens with zero attached hydrogens (tertiary/aromatic N) is 6. The maximum absolute atomic E-state index is 13.6. The Bertz CT molecular complexity index is 1410. The number of benzene rings is 1. The van der Waals surface area contributed by atoms with Gasteiger partial charge in [0.2, 0.25) is 5.95 Å². The lowest BCUT2D eigenvalue weighted by atomic mass is 10.2. The van der Waals surface area contributed by atoms with E-state index in [9.17, 15) is 9.59 Å². The molecule has 0 radical (unpaired) electrons. The molecule has 3 aromatic rings. The molecule has 10 nitrogen and oxygen atoms in total. The smallest absolute Gasteiger partial charge is 0.421 e. The molecule has 2 amide bonds. The number of amides is 2. The maximum Gasteiger partial charge on any atom is 0.421 e. The van der Waals surface area contributed by atoms with E-state index < -0.39 is 23.4 Å². The number of allylic oxidation sites excluding steroid dienone is 1. The van der Waals surface area contributed by atoms with Gasteiger partial charge in [0.25, 0.3) is 0 Å². The topological polar surface area (TPSA) is 103 Å². The van der Waals surface area contributed by atoms with Crippen molar-refractivity contribution in [3.63, 3.8) is 0 Å². The van der Waals surface area contributed by atoms with Crippen molar-refractivity contribution in [1.29, 1.82) is 0 Å². The number of aryl methyl sites for hydroxylation is 1. The first kappa shape index (κ1) is 31.3. The van der Waals surface area contributed by atoms with E-state index in [1.807, 2.05) is 12.3 Å². The molecule has 0 N–H and O–H groups in total. The minimum atomic E-state index is -0.806. The number of halogens is 1. The normalized spacial score (nSPS) is 11.5. The number of aromatic nitrogens is 4. The largest absolute Gasteiger partial charge is 0.443 e. The highest BCUT2D eigenvalue weighted by Crippen LogP contribution is 2.33. The Labute approximate surface area is 246 Å². The monoisotopic (exact) mass is 580 g/mol. The quantitative estimate of drug-likeness (QED) is 0.240. The SMILES string of the molecule is C=CCCn1cc(-c2nc(N(C(=O)OC(C)(C)C)c3cccc(N(CC=C)C(=O)OC(C)(C)C)c3)ncc2Cl)cn1. The van der Waals surface area contributed by atoms with E-state index in [4.69, 9.17) is 21.1 Å². The van der Waals surface area contributed by atoms with Crippen molar-refractivity contribution in [3.8, 4) is 11.3 Å². The standard InChI is InChI=1S/C30H37ClN6O4/c1-9-11-16-35-20-21(18-33-35)25-24(31)19-32-26(34-25)37(28(39)41-30(6,7)8)23-14-12-13-22(17-23)36(15-10-2)27(38)40-29(3,4)5/h9-10,12-14,17-20H,1-2,11,15-16H2,3-8H3. The third kappa shape index (κ3) is 8.65. The number of ether oxygens (including phenoxy) is 2. The van der Waals surface area contributed by atoms with E-state index in [-0.39, 0.29) is 17.5 Å². The van der Waals surface area contributed by atoms with Crippen LogP contribution in [0.15, 0.2) is 68.2 Å². The Morgan fingerprint density at radius 3 is 2.29 bits per heavy atom. The van der Waals surface area contributed by atoms with Crippen LogP contribution >= 0.6 is 11.6 Å². The van der Waals surface area contributed by atoms with Crippen LogP contribution in [-0.2, 0) is 16.0 Å². The second-order valence-corrected chi connectivity index (χ2v) is 11.6. The molecule has 0 atom stereocenters. The fourth-order valence-corrected chi connectivity index (χ4v) is 3.84. The molecule has 3 rings (SSSR count). The van der Waals surface area contributed by atoms with Gasteiger partial charge < -0.3 is 9.47 Å². The Hall–Kier alpha value is -4.18. The molecule has 0 aliphatic rings. The van der Waals surface area contributed by atoms with Crippen LogP contribution in [0.5, 0.6) is 0 Å². The third-order valence-electron chi connectivity index (χ3n) is 5.30. The molecule has 0 aliphatic heterocycles. The molecule has 0 saturated carbocycles. The Kier molecular flexibility index (Phi) is 9.93. The van der Waals surface area contributed by atoms with Crippen molar-refractivity contribution >= 4 is 41.1 Å². The molecule has 11 heteroatoms. The van der Waals surface area contributed by atoms with Gasteiger partial charge in [0.15, 0.2) is 0 Å². The zero-order valence-electron chi connectivity index (χ0n) is 24.4. The van der Waals surface area contributed by atoms with Crippen LogP contribution in [0.4, 0.5) is 26.9 Å². The Morgan fingerprint density at radius 2 is 1.66 bits per heavy atom. The number of hydrogen-bond acceptors (Lipinski definition) is 7. The molecular formula is C30H37ClN6O4. The van der Waals surface area contributed by atoms with Gasteiger partial charge in [-0.05, 0) is 66.2 Å². The number of carbonyl (C=O) groups is 2. The zero-order valence-corrected chi connectivity index (χ0v) is 25.2.